The second-order valence-corrected chi connectivity index (χ2v) is 2.97. The lowest BCUT2D eigenvalue weighted by Crippen LogP contribution is -2.12. The summed E-state index contributed by atoms with van der Waals surface area (Å²) in [7, 11) is 0. The van der Waals surface area contributed by atoms with Crippen molar-refractivity contribution in [3.63, 3.8) is 0 Å². The van der Waals surface area contributed by atoms with Crippen LogP contribution in [0.2, 0.25) is 0 Å². The van der Waals surface area contributed by atoms with Crippen molar-refractivity contribution in [3.8, 4) is 0 Å². The van der Waals surface area contributed by atoms with Gasteiger partial charge in [0.15, 0.2) is 6.17 Å². The molecule has 0 amide bonds. The van der Waals surface area contributed by atoms with Gasteiger partial charge in [-0.15, -0.1) is 0 Å². The monoisotopic (exact) mass is 182 g/mol. The molecule has 0 saturated carbocycles. The molecule has 4 nitrogen and oxygen atoms in total. The summed E-state index contributed by atoms with van der Waals surface area (Å²) in [6.45, 7) is 3.98. The van der Waals surface area contributed by atoms with E-state index in [1.807, 2.05) is 6.92 Å². The topological polar surface area (TPSA) is 58.9 Å². The Labute approximate surface area is 77.8 Å². The maximum absolute atomic E-state index is 9.99. The minimum atomic E-state index is -0.596. The lowest BCUT2D eigenvalue weighted by Gasteiger charge is -2.12. The molecule has 0 aromatic heterocycles. The van der Waals surface area contributed by atoms with Crippen molar-refractivity contribution in [2.24, 2.45) is 15.9 Å². The average Bonchev–Trinajstić information content (AvgIpc) is 2.14. The lowest BCUT2D eigenvalue weighted by molar-refractivity contribution is 0.419. The van der Waals surface area contributed by atoms with Gasteiger partial charge in [-0.25, -0.2) is 9.59 Å². The molecule has 0 saturated heterocycles. The highest BCUT2D eigenvalue weighted by Gasteiger charge is 2.14. The zero-order valence-corrected chi connectivity index (χ0v) is 7.99. The van der Waals surface area contributed by atoms with Gasteiger partial charge in [0.2, 0.25) is 12.2 Å². The second-order valence-electron chi connectivity index (χ2n) is 2.97. The molecular weight excluding hydrogens is 168 g/mol. The Bertz CT molecular complexity index is 210. The molecule has 13 heavy (non-hydrogen) atoms. The average molecular weight is 182 g/mol. The summed E-state index contributed by atoms with van der Waals surface area (Å²) >= 11 is 0. The summed E-state index contributed by atoms with van der Waals surface area (Å²) in [5.41, 5.74) is 0. The first-order chi connectivity index (χ1) is 6.26. The molecule has 72 valence electrons. The van der Waals surface area contributed by atoms with Crippen molar-refractivity contribution in [2.45, 2.75) is 39.3 Å². The van der Waals surface area contributed by atoms with Crippen LogP contribution in [0.1, 0.15) is 33.1 Å². The van der Waals surface area contributed by atoms with Crippen molar-refractivity contribution in [2.75, 3.05) is 0 Å². The lowest BCUT2D eigenvalue weighted by atomic mass is 10.0. The van der Waals surface area contributed by atoms with Crippen molar-refractivity contribution >= 4 is 12.2 Å². The first-order valence-corrected chi connectivity index (χ1v) is 4.40. The first-order valence-electron chi connectivity index (χ1n) is 4.40. The fourth-order valence-corrected chi connectivity index (χ4v) is 1.07. The number of isocyanates is 2. The number of aliphatic imine (C=N–C) groups is 2. The SMILES string of the molecule is CCCCC(C)C(N=C=O)N=C=O. The third-order valence-electron chi connectivity index (χ3n) is 1.89. The van der Waals surface area contributed by atoms with Gasteiger partial charge in [-0.2, -0.15) is 9.98 Å². The van der Waals surface area contributed by atoms with Crippen LogP contribution in [0.5, 0.6) is 0 Å². The predicted octanol–water partition coefficient (Wildman–Crippen LogP) is 1.81. The van der Waals surface area contributed by atoms with E-state index in [0.29, 0.717) is 0 Å². The predicted molar refractivity (Wildman–Crippen MR) is 48.7 cm³/mol. The first kappa shape index (κ1) is 11.8. The highest BCUT2D eigenvalue weighted by Crippen LogP contribution is 2.15. The molecule has 1 unspecified atom stereocenters. The van der Waals surface area contributed by atoms with Gasteiger partial charge in [0.05, 0.1) is 0 Å². The Hall–Kier alpha value is -1.24. The van der Waals surface area contributed by atoms with E-state index in [0.717, 1.165) is 19.3 Å². The molecular formula is C9H14N2O2. The zero-order chi connectivity index (χ0) is 10.1. The minimum absolute atomic E-state index is 0.0999. The summed E-state index contributed by atoms with van der Waals surface area (Å²) in [6, 6.07) is 0. The molecule has 1 atom stereocenters. The summed E-state index contributed by atoms with van der Waals surface area (Å²) in [5.74, 6) is 0.0999. The highest BCUT2D eigenvalue weighted by atomic mass is 16.1. The maximum atomic E-state index is 9.99. The number of hydrogen-bond donors (Lipinski definition) is 0. The molecule has 0 spiro atoms. The Kier molecular flexibility index (Phi) is 6.70. The van der Waals surface area contributed by atoms with Crippen molar-refractivity contribution in [1.29, 1.82) is 0 Å². The molecule has 0 aliphatic carbocycles. The number of unbranched alkanes of at least 4 members (excludes halogenated alkanes) is 1. The largest absolute Gasteiger partial charge is 0.237 e. The van der Waals surface area contributed by atoms with Gasteiger partial charge < -0.3 is 0 Å². The molecule has 0 aliphatic rings. The smallest absolute Gasteiger partial charge is 0.211 e. The number of nitrogens with zero attached hydrogens (tertiary/aromatic N) is 2. The van der Waals surface area contributed by atoms with Crippen molar-refractivity contribution in [3.05, 3.63) is 0 Å². The van der Waals surface area contributed by atoms with Crippen molar-refractivity contribution < 1.29 is 9.59 Å². The van der Waals surface area contributed by atoms with Crippen LogP contribution in [0.15, 0.2) is 9.98 Å². The van der Waals surface area contributed by atoms with E-state index in [9.17, 15) is 9.59 Å². The second kappa shape index (κ2) is 7.41. The van der Waals surface area contributed by atoms with Crippen LogP contribution in [0.25, 0.3) is 0 Å². The van der Waals surface area contributed by atoms with Gasteiger partial charge in [-0.3, -0.25) is 0 Å². The molecule has 0 rings (SSSR count). The highest BCUT2D eigenvalue weighted by molar-refractivity contribution is 5.37. The van der Waals surface area contributed by atoms with Crippen LogP contribution < -0.4 is 0 Å². The summed E-state index contributed by atoms with van der Waals surface area (Å²) in [4.78, 5) is 26.8. The van der Waals surface area contributed by atoms with E-state index >= 15 is 0 Å². The molecule has 0 fully saturated rings. The van der Waals surface area contributed by atoms with E-state index < -0.39 is 6.17 Å². The fraction of sp³-hybridized carbons (Fsp3) is 0.778. The summed E-state index contributed by atoms with van der Waals surface area (Å²) < 4.78 is 0. The molecule has 0 radical (unpaired) electrons. The molecule has 4 heteroatoms. The maximum Gasteiger partial charge on any atom is 0.237 e. The quantitative estimate of drug-likeness (QED) is 0.464. The van der Waals surface area contributed by atoms with Gasteiger partial charge in [-0.05, 0) is 6.42 Å². The Morgan fingerprint density at radius 2 is 1.77 bits per heavy atom. The van der Waals surface area contributed by atoms with Crippen LogP contribution in [-0.2, 0) is 9.59 Å². The molecule has 0 aromatic rings. The van der Waals surface area contributed by atoms with E-state index in [2.05, 4.69) is 16.9 Å². The third kappa shape index (κ3) is 5.07. The van der Waals surface area contributed by atoms with Crippen molar-refractivity contribution in [1.82, 2.24) is 0 Å². The number of rotatable bonds is 6. The van der Waals surface area contributed by atoms with E-state index in [1.54, 1.807) is 0 Å². The molecule has 0 N–H and O–H groups in total. The minimum Gasteiger partial charge on any atom is -0.211 e. The fourth-order valence-electron chi connectivity index (χ4n) is 1.07. The van der Waals surface area contributed by atoms with E-state index in [1.165, 1.54) is 12.2 Å². The Balaban J connectivity index is 4.18. The number of hydrogen-bond acceptors (Lipinski definition) is 4. The van der Waals surface area contributed by atoms with Gasteiger partial charge in [0.1, 0.15) is 0 Å². The molecule has 0 bridgehead atoms. The third-order valence-corrected chi connectivity index (χ3v) is 1.89. The standard InChI is InChI=1S/C9H14N2O2/c1-3-4-5-8(2)9(10-6-12)11-7-13/h8-9H,3-5H2,1-2H3. The van der Waals surface area contributed by atoms with E-state index in [-0.39, 0.29) is 5.92 Å². The molecule has 0 aromatic carbocycles. The van der Waals surface area contributed by atoms with Crippen LogP contribution in [0.4, 0.5) is 0 Å². The molecule has 0 heterocycles. The van der Waals surface area contributed by atoms with Crippen LogP contribution in [0, 0.1) is 5.92 Å². The summed E-state index contributed by atoms with van der Waals surface area (Å²) in [5, 5.41) is 0. The van der Waals surface area contributed by atoms with Gasteiger partial charge in [-0.1, -0.05) is 26.7 Å². The van der Waals surface area contributed by atoms with Gasteiger partial charge in [0.25, 0.3) is 0 Å². The normalized spacial score (nSPS) is 13.7. The van der Waals surface area contributed by atoms with E-state index in [4.69, 9.17) is 0 Å². The zero-order valence-electron chi connectivity index (χ0n) is 7.99. The van der Waals surface area contributed by atoms with Crippen LogP contribution in [0.3, 0.4) is 0 Å². The Morgan fingerprint density at radius 3 is 2.15 bits per heavy atom. The Morgan fingerprint density at radius 1 is 1.23 bits per heavy atom. The van der Waals surface area contributed by atoms with Gasteiger partial charge >= 0.3 is 0 Å². The van der Waals surface area contributed by atoms with Gasteiger partial charge in [0, 0.05) is 5.92 Å². The van der Waals surface area contributed by atoms with Crippen LogP contribution >= 0.6 is 0 Å². The molecule has 0 aliphatic heterocycles. The summed E-state index contributed by atoms with van der Waals surface area (Å²) in [6.07, 6.45) is 5.25. The number of carbonyl (C=O) groups excluding carboxylic acids is 2. The van der Waals surface area contributed by atoms with Crippen LogP contribution in [-0.4, -0.2) is 18.3 Å².